The molecule has 34 heavy (non-hydrogen) atoms. The van der Waals surface area contributed by atoms with Crippen molar-refractivity contribution in [1.29, 1.82) is 0 Å². The average Bonchev–Trinajstić information content (AvgIpc) is 3.28. The topological polar surface area (TPSA) is 75.4 Å². The first-order valence-corrected chi connectivity index (χ1v) is 12.4. The van der Waals surface area contributed by atoms with Crippen LogP contribution in [-0.4, -0.2) is 43.5 Å². The molecular formula is C26H27BrN6O. The number of rotatable bonds is 6. The minimum absolute atomic E-state index is 0.127. The number of nitrogens with zero attached hydrogens (tertiary/aromatic N) is 5. The Morgan fingerprint density at radius 3 is 2.68 bits per heavy atom. The van der Waals surface area contributed by atoms with Gasteiger partial charge in [-0.05, 0) is 52.9 Å². The molecule has 174 valence electrons. The summed E-state index contributed by atoms with van der Waals surface area (Å²) < 4.78 is 2.69. The van der Waals surface area contributed by atoms with Crippen molar-refractivity contribution < 1.29 is 4.79 Å². The molecule has 1 aliphatic heterocycles. The summed E-state index contributed by atoms with van der Waals surface area (Å²) in [5.41, 5.74) is 3.99. The maximum Gasteiger partial charge on any atom is 0.229 e. The van der Waals surface area contributed by atoms with Crippen LogP contribution in [0.2, 0.25) is 0 Å². The monoisotopic (exact) mass is 518 g/mol. The van der Waals surface area contributed by atoms with Gasteiger partial charge in [-0.15, -0.1) is 0 Å². The second-order valence-corrected chi connectivity index (χ2v) is 9.60. The van der Waals surface area contributed by atoms with Crippen LogP contribution in [-0.2, 0) is 11.3 Å². The summed E-state index contributed by atoms with van der Waals surface area (Å²) in [6.45, 7) is 4.13. The lowest BCUT2D eigenvalue weighted by Gasteiger charge is -2.33. The fourth-order valence-electron chi connectivity index (χ4n) is 4.54. The smallest absolute Gasteiger partial charge is 0.229 e. The van der Waals surface area contributed by atoms with Gasteiger partial charge in [-0.2, -0.15) is 9.61 Å². The minimum atomic E-state index is -0.127. The van der Waals surface area contributed by atoms with Gasteiger partial charge in [-0.1, -0.05) is 36.4 Å². The maximum atomic E-state index is 13.1. The molecule has 1 amide bonds. The average molecular weight is 519 g/mol. The Morgan fingerprint density at radius 1 is 1.15 bits per heavy atom. The number of amides is 1. The van der Waals surface area contributed by atoms with E-state index in [1.54, 1.807) is 12.4 Å². The summed E-state index contributed by atoms with van der Waals surface area (Å²) in [7, 11) is 0. The van der Waals surface area contributed by atoms with E-state index in [0.29, 0.717) is 12.5 Å². The predicted molar refractivity (Wildman–Crippen MR) is 136 cm³/mol. The summed E-state index contributed by atoms with van der Waals surface area (Å²) in [5.74, 6) is 1.26. The third kappa shape index (κ3) is 4.68. The third-order valence-electron chi connectivity index (χ3n) is 6.54. The molecule has 4 heterocycles. The largest absolute Gasteiger partial charge is 0.366 e. The molecule has 1 aliphatic rings. The van der Waals surface area contributed by atoms with E-state index in [2.05, 4.69) is 37.4 Å². The highest BCUT2D eigenvalue weighted by Gasteiger charge is 2.28. The van der Waals surface area contributed by atoms with Crippen LogP contribution in [0, 0.1) is 0 Å². The van der Waals surface area contributed by atoms with Crippen LogP contribution in [0.4, 0.5) is 5.82 Å². The van der Waals surface area contributed by atoms with Gasteiger partial charge in [0.1, 0.15) is 5.82 Å². The van der Waals surface area contributed by atoms with Crippen LogP contribution < -0.4 is 5.32 Å². The Balaban J connectivity index is 1.31. The summed E-state index contributed by atoms with van der Waals surface area (Å²) in [6.07, 6.45) is 7.19. The van der Waals surface area contributed by atoms with Crippen molar-refractivity contribution in [2.24, 2.45) is 0 Å². The van der Waals surface area contributed by atoms with Gasteiger partial charge in [0.2, 0.25) is 5.91 Å². The molecule has 1 N–H and O–H groups in total. The van der Waals surface area contributed by atoms with E-state index >= 15 is 0 Å². The summed E-state index contributed by atoms with van der Waals surface area (Å²) >= 11 is 3.59. The van der Waals surface area contributed by atoms with Crippen molar-refractivity contribution in [3.8, 4) is 0 Å². The molecule has 1 aromatic carbocycles. The zero-order chi connectivity index (χ0) is 23.5. The lowest BCUT2D eigenvalue weighted by molar-refractivity contribution is -0.133. The van der Waals surface area contributed by atoms with Gasteiger partial charge in [0.15, 0.2) is 5.65 Å². The van der Waals surface area contributed by atoms with E-state index in [9.17, 15) is 4.79 Å². The molecule has 7 nitrogen and oxygen atoms in total. The minimum Gasteiger partial charge on any atom is -0.366 e. The Hall–Kier alpha value is -3.26. The van der Waals surface area contributed by atoms with Gasteiger partial charge in [-0.25, -0.2) is 4.98 Å². The number of carbonyl (C=O) groups excluding carboxylic acids is 1. The molecule has 0 radical (unpaired) electrons. The molecule has 0 spiro atoms. The number of halogens is 1. The normalized spacial score (nSPS) is 15.4. The van der Waals surface area contributed by atoms with Crippen LogP contribution in [0.15, 0.2) is 71.6 Å². The van der Waals surface area contributed by atoms with Gasteiger partial charge in [0, 0.05) is 49.7 Å². The molecule has 0 bridgehead atoms. The zero-order valence-electron chi connectivity index (χ0n) is 19.1. The van der Waals surface area contributed by atoms with Crippen molar-refractivity contribution >= 4 is 33.3 Å². The second-order valence-electron chi connectivity index (χ2n) is 8.74. The van der Waals surface area contributed by atoms with E-state index in [1.165, 1.54) is 0 Å². The SMILES string of the molecule is CC(C(=O)N1CCC(c2cc(NCc3cccnc3)n3ncc(Br)c3n2)CC1)c1ccccc1. The highest BCUT2D eigenvalue weighted by molar-refractivity contribution is 9.10. The Bertz CT molecular complexity index is 1270. The number of pyridine rings is 1. The van der Waals surface area contributed by atoms with Crippen molar-refractivity contribution in [2.45, 2.75) is 38.1 Å². The van der Waals surface area contributed by atoms with E-state index in [1.807, 2.05) is 65.0 Å². The van der Waals surface area contributed by atoms with Gasteiger partial charge >= 0.3 is 0 Å². The molecule has 1 fully saturated rings. The first-order chi connectivity index (χ1) is 16.6. The van der Waals surface area contributed by atoms with Crippen molar-refractivity contribution in [1.82, 2.24) is 24.5 Å². The number of fused-ring (bicyclic) bond motifs is 1. The highest BCUT2D eigenvalue weighted by atomic mass is 79.9. The fourth-order valence-corrected chi connectivity index (χ4v) is 4.89. The molecule has 5 rings (SSSR count). The maximum absolute atomic E-state index is 13.1. The molecule has 0 saturated carbocycles. The molecular weight excluding hydrogens is 492 g/mol. The van der Waals surface area contributed by atoms with Crippen molar-refractivity contribution in [3.63, 3.8) is 0 Å². The molecule has 1 saturated heterocycles. The number of piperidine rings is 1. The number of likely N-dealkylation sites (tertiary alicyclic amines) is 1. The summed E-state index contributed by atoms with van der Waals surface area (Å²) in [4.78, 5) is 24.2. The van der Waals surface area contributed by atoms with Crippen LogP contribution in [0.25, 0.3) is 5.65 Å². The highest BCUT2D eigenvalue weighted by Crippen LogP contribution is 2.32. The second kappa shape index (κ2) is 9.93. The quantitative estimate of drug-likeness (QED) is 0.388. The molecule has 1 unspecified atom stereocenters. The number of carbonyl (C=O) groups is 1. The zero-order valence-corrected chi connectivity index (χ0v) is 20.6. The third-order valence-corrected chi connectivity index (χ3v) is 7.10. The van der Waals surface area contributed by atoms with E-state index in [-0.39, 0.29) is 11.8 Å². The van der Waals surface area contributed by atoms with Crippen LogP contribution >= 0.6 is 15.9 Å². The summed E-state index contributed by atoms with van der Waals surface area (Å²) in [6, 6.07) is 16.1. The number of nitrogens with one attached hydrogen (secondary N) is 1. The van der Waals surface area contributed by atoms with Crippen LogP contribution in [0.1, 0.15) is 48.4 Å². The fraction of sp³-hybridized carbons (Fsp3) is 0.308. The first kappa shape index (κ1) is 22.5. The number of hydrogen-bond donors (Lipinski definition) is 1. The van der Waals surface area contributed by atoms with E-state index < -0.39 is 0 Å². The Labute approximate surface area is 207 Å². The van der Waals surface area contributed by atoms with E-state index in [4.69, 9.17) is 4.98 Å². The van der Waals surface area contributed by atoms with E-state index in [0.717, 1.165) is 58.7 Å². The lowest BCUT2D eigenvalue weighted by atomic mass is 9.91. The number of benzene rings is 1. The van der Waals surface area contributed by atoms with Gasteiger partial charge in [0.05, 0.1) is 16.6 Å². The van der Waals surface area contributed by atoms with Gasteiger partial charge in [-0.3, -0.25) is 9.78 Å². The Morgan fingerprint density at radius 2 is 1.94 bits per heavy atom. The first-order valence-electron chi connectivity index (χ1n) is 11.6. The van der Waals surface area contributed by atoms with Crippen molar-refractivity contribution in [3.05, 3.63) is 88.4 Å². The van der Waals surface area contributed by atoms with Crippen LogP contribution in [0.3, 0.4) is 0 Å². The van der Waals surface area contributed by atoms with Crippen molar-refractivity contribution in [2.75, 3.05) is 18.4 Å². The molecule has 8 heteroatoms. The number of aromatic nitrogens is 4. The summed E-state index contributed by atoms with van der Waals surface area (Å²) in [5, 5.41) is 7.97. The number of hydrogen-bond acceptors (Lipinski definition) is 5. The van der Waals surface area contributed by atoms with Crippen LogP contribution in [0.5, 0.6) is 0 Å². The Kier molecular flexibility index (Phi) is 6.58. The molecule has 4 aromatic rings. The predicted octanol–water partition coefficient (Wildman–Crippen LogP) is 5.01. The van der Waals surface area contributed by atoms with Gasteiger partial charge < -0.3 is 10.2 Å². The lowest BCUT2D eigenvalue weighted by Crippen LogP contribution is -2.40. The standard InChI is InChI=1S/C26H27BrN6O/c1-18(20-7-3-2-4-8-20)26(34)32-12-9-21(10-13-32)23-14-24(29-16-19-6-5-11-28-15-19)33-25(31-23)22(27)17-30-33/h2-8,11,14-15,17-18,21,29H,9-10,12-13,16H2,1H3. The molecule has 3 aromatic heterocycles. The van der Waals surface area contributed by atoms with Gasteiger partial charge in [0.25, 0.3) is 0 Å². The number of anilines is 1. The molecule has 0 aliphatic carbocycles. The molecule has 1 atom stereocenters.